The molecule has 0 aliphatic heterocycles. The molecule has 1 heterocycles. The molecule has 0 aliphatic carbocycles. The van der Waals surface area contributed by atoms with Crippen LogP contribution in [0.25, 0.3) is 11.5 Å². The normalized spacial score (nSPS) is 11.1. The van der Waals surface area contributed by atoms with Gasteiger partial charge in [-0.1, -0.05) is 5.16 Å². The smallest absolute Gasteiger partial charge is 0.260 e. The number of nitrogens with two attached hydrogens (primary N) is 1. The first-order valence-electron chi connectivity index (χ1n) is 5.59. The molecule has 0 aliphatic rings. The lowest BCUT2D eigenvalue weighted by Gasteiger charge is -2.05. The first-order chi connectivity index (χ1) is 8.56. The Balaban J connectivity index is 2.18. The van der Waals surface area contributed by atoms with E-state index in [1.807, 2.05) is 19.0 Å². The van der Waals surface area contributed by atoms with Crippen molar-refractivity contribution < 1.29 is 8.91 Å². The number of aromatic nitrogens is 2. The van der Waals surface area contributed by atoms with Crippen LogP contribution in [0.4, 0.5) is 10.1 Å². The van der Waals surface area contributed by atoms with E-state index in [9.17, 15) is 4.39 Å². The fraction of sp³-hybridized carbons (Fsp3) is 0.333. The molecule has 2 rings (SSSR count). The minimum absolute atomic E-state index is 0.290. The number of benzene rings is 1. The molecule has 0 fully saturated rings. The highest BCUT2D eigenvalue weighted by atomic mass is 19.1. The number of hydrogen-bond donors (Lipinski definition) is 1. The quantitative estimate of drug-likeness (QED) is 0.834. The topological polar surface area (TPSA) is 68.2 Å². The van der Waals surface area contributed by atoms with Crippen LogP contribution in [0, 0.1) is 5.82 Å². The molecule has 2 aromatic rings. The summed E-state index contributed by atoms with van der Waals surface area (Å²) >= 11 is 0. The molecule has 0 atom stereocenters. The molecule has 0 amide bonds. The van der Waals surface area contributed by atoms with Gasteiger partial charge < -0.3 is 15.2 Å². The fourth-order valence-corrected chi connectivity index (χ4v) is 1.52. The largest absolute Gasteiger partial charge is 0.398 e. The van der Waals surface area contributed by atoms with Crippen LogP contribution in [0.5, 0.6) is 0 Å². The maximum absolute atomic E-state index is 12.9. The van der Waals surface area contributed by atoms with E-state index in [1.54, 1.807) is 0 Å². The van der Waals surface area contributed by atoms with Crippen molar-refractivity contribution >= 4 is 5.69 Å². The summed E-state index contributed by atoms with van der Waals surface area (Å²) in [5, 5.41) is 3.87. The van der Waals surface area contributed by atoms with E-state index in [-0.39, 0.29) is 11.5 Å². The Labute approximate surface area is 104 Å². The minimum Gasteiger partial charge on any atom is -0.398 e. The Morgan fingerprint density at radius 1 is 1.39 bits per heavy atom. The molecule has 1 aromatic carbocycles. The second kappa shape index (κ2) is 5.14. The predicted octanol–water partition coefficient (Wildman–Crippen LogP) is 1.56. The average molecular weight is 250 g/mol. The number of hydrogen-bond acceptors (Lipinski definition) is 5. The number of anilines is 1. The number of rotatable bonds is 4. The standard InChI is InChI=1S/C12H15FN4O/c1-17(2)6-5-11-15-12(18-16-11)9-4-3-8(13)7-10(9)14/h3-4,7H,5-6,14H2,1-2H3. The van der Waals surface area contributed by atoms with Crippen LogP contribution in [0.3, 0.4) is 0 Å². The van der Waals surface area contributed by atoms with Crippen molar-refractivity contribution in [1.82, 2.24) is 15.0 Å². The van der Waals surface area contributed by atoms with E-state index >= 15 is 0 Å². The SMILES string of the molecule is CN(C)CCc1noc(-c2ccc(F)cc2N)n1. The molecule has 0 saturated carbocycles. The molecule has 2 N–H and O–H groups in total. The van der Waals surface area contributed by atoms with E-state index in [2.05, 4.69) is 10.1 Å². The van der Waals surface area contributed by atoms with E-state index in [1.165, 1.54) is 18.2 Å². The Morgan fingerprint density at radius 2 is 2.17 bits per heavy atom. The van der Waals surface area contributed by atoms with Gasteiger partial charge in [0.25, 0.3) is 5.89 Å². The number of nitrogen functional groups attached to an aromatic ring is 1. The summed E-state index contributed by atoms with van der Waals surface area (Å²) in [6, 6.07) is 4.09. The van der Waals surface area contributed by atoms with Gasteiger partial charge in [-0.2, -0.15) is 4.98 Å². The van der Waals surface area contributed by atoms with Crippen molar-refractivity contribution in [2.24, 2.45) is 0 Å². The van der Waals surface area contributed by atoms with Gasteiger partial charge in [-0.25, -0.2) is 4.39 Å². The third-order valence-electron chi connectivity index (χ3n) is 2.49. The maximum atomic E-state index is 12.9. The molecule has 5 nitrogen and oxygen atoms in total. The van der Waals surface area contributed by atoms with Crippen molar-refractivity contribution in [2.45, 2.75) is 6.42 Å². The Bertz CT molecular complexity index is 539. The van der Waals surface area contributed by atoms with Gasteiger partial charge in [0.1, 0.15) is 5.82 Å². The highest BCUT2D eigenvalue weighted by molar-refractivity contribution is 5.70. The lowest BCUT2D eigenvalue weighted by Crippen LogP contribution is -2.15. The third kappa shape index (κ3) is 2.84. The van der Waals surface area contributed by atoms with Crippen LogP contribution in [-0.2, 0) is 6.42 Å². The second-order valence-corrected chi connectivity index (χ2v) is 4.30. The van der Waals surface area contributed by atoms with Crippen molar-refractivity contribution in [3.63, 3.8) is 0 Å². The number of likely N-dealkylation sites (N-methyl/N-ethyl adjacent to an activating group) is 1. The maximum Gasteiger partial charge on any atom is 0.260 e. The summed E-state index contributed by atoms with van der Waals surface area (Å²) in [6.07, 6.45) is 0.692. The van der Waals surface area contributed by atoms with Gasteiger partial charge in [-0.3, -0.25) is 0 Å². The van der Waals surface area contributed by atoms with Crippen molar-refractivity contribution in [3.8, 4) is 11.5 Å². The fourth-order valence-electron chi connectivity index (χ4n) is 1.52. The van der Waals surface area contributed by atoms with Crippen molar-refractivity contribution in [1.29, 1.82) is 0 Å². The van der Waals surface area contributed by atoms with Crippen LogP contribution in [0.15, 0.2) is 22.7 Å². The molecule has 0 bridgehead atoms. The summed E-state index contributed by atoms with van der Waals surface area (Å²) in [6.45, 7) is 0.831. The van der Waals surface area contributed by atoms with Crippen LogP contribution in [0.2, 0.25) is 0 Å². The van der Waals surface area contributed by atoms with Gasteiger partial charge >= 0.3 is 0 Å². The van der Waals surface area contributed by atoms with Gasteiger partial charge in [0.2, 0.25) is 0 Å². The summed E-state index contributed by atoms with van der Waals surface area (Å²) < 4.78 is 18.0. The Hall–Kier alpha value is -1.95. The highest BCUT2D eigenvalue weighted by Gasteiger charge is 2.12. The van der Waals surface area contributed by atoms with Crippen LogP contribution >= 0.6 is 0 Å². The van der Waals surface area contributed by atoms with Gasteiger partial charge in [0.15, 0.2) is 5.82 Å². The number of halogens is 1. The molecular weight excluding hydrogens is 235 g/mol. The molecule has 0 unspecified atom stereocenters. The van der Waals surface area contributed by atoms with Gasteiger partial charge in [0.05, 0.1) is 5.56 Å². The predicted molar refractivity (Wildman–Crippen MR) is 66.4 cm³/mol. The van der Waals surface area contributed by atoms with E-state index in [4.69, 9.17) is 10.3 Å². The molecule has 0 radical (unpaired) electrons. The van der Waals surface area contributed by atoms with Gasteiger partial charge in [-0.05, 0) is 32.3 Å². The summed E-state index contributed by atoms with van der Waals surface area (Å²) in [4.78, 5) is 6.27. The highest BCUT2D eigenvalue weighted by Crippen LogP contribution is 2.24. The monoisotopic (exact) mass is 250 g/mol. The Kier molecular flexibility index (Phi) is 3.57. The Morgan fingerprint density at radius 3 is 2.83 bits per heavy atom. The number of nitrogens with zero attached hydrogens (tertiary/aromatic N) is 3. The lowest BCUT2D eigenvalue weighted by molar-refractivity contribution is 0.392. The van der Waals surface area contributed by atoms with Crippen LogP contribution in [0.1, 0.15) is 5.82 Å². The molecule has 1 aromatic heterocycles. The first-order valence-corrected chi connectivity index (χ1v) is 5.59. The molecule has 0 spiro atoms. The van der Waals surface area contributed by atoms with Gasteiger partial charge in [0, 0.05) is 18.7 Å². The van der Waals surface area contributed by atoms with Gasteiger partial charge in [-0.15, -0.1) is 0 Å². The second-order valence-electron chi connectivity index (χ2n) is 4.30. The zero-order chi connectivity index (χ0) is 13.1. The zero-order valence-electron chi connectivity index (χ0n) is 10.4. The summed E-state index contributed by atoms with van der Waals surface area (Å²) in [5.41, 5.74) is 6.55. The molecular formula is C12H15FN4O. The van der Waals surface area contributed by atoms with E-state index in [0.717, 1.165) is 6.54 Å². The summed E-state index contributed by atoms with van der Waals surface area (Å²) in [5.74, 6) is 0.548. The minimum atomic E-state index is -0.386. The molecule has 0 saturated heterocycles. The van der Waals surface area contributed by atoms with Crippen molar-refractivity contribution in [2.75, 3.05) is 26.4 Å². The molecule has 96 valence electrons. The zero-order valence-corrected chi connectivity index (χ0v) is 10.4. The summed E-state index contributed by atoms with van der Waals surface area (Å²) in [7, 11) is 3.94. The third-order valence-corrected chi connectivity index (χ3v) is 2.49. The van der Waals surface area contributed by atoms with E-state index in [0.29, 0.717) is 23.7 Å². The van der Waals surface area contributed by atoms with Crippen LogP contribution in [-0.4, -0.2) is 35.7 Å². The molecule has 18 heavy (non-hydrogen) atoms. The lowest BCUT2D eigenvalue weighted by atomic mass is 10.2. The molecule has 6 heteroatoms. The van der Waals surface area contributed by atoms with Crippen molar-refractivity contribution in [3.05, 3.63) is 29.8 Å². The average Bonchev–Trinajstić information content (AvgIpc) is 2.75. The van der Waals surface area contributed by atoms with E-state index < -0.39 is 0 Å². The first kappa shape index (κ1) is 12.5. The van der Waals surface area contributed by atoms with Crippen LogP contribution < -0.4 is 5.73 Å².